The predicted octanol–water partition coefficient (Wildman–Crippen LogP) is 4.66. The van der Waals surface area contributed by atoms with Crippen LogP contribution in [0.5, 0.6) is 0 Å². The molecule has 1 aromatic carbocycles. The first-order valence-electron chi connectivity index (χ1n) is 6.60. The van der Waals surface area contributed by atoms with Crippen LogP contribution in [-0.4, -0.2) is 21.2 Å². The largest absolute Gasteiger partial charge is 0.324 e. The maximum Gasteiger partial charge on any atom is 0.227 e. The Hall–Kier alpha value is -2.11. The highest BCUT2D eigenvalue weighted by Gasteiger charge is 2.04. The van der Waals surface area contributed by atoms with Crippen molar-refractivity contribution in [2.24, 2.45) is 0 Å². The van der Waals surface area contributed by atoms with Crippen LogP contribution in [0.2, 0.25) is 5.15 Å². The van der Waals surface area contributed by atoms with Gasteiger partial charge in [0, 0.05) is 28.5 Å². The number of anilines is 2. The molecule has 0 amide bonds. The van der Waals surface area contributed by atoms with Gasteiger partial charge in [0.05, 0.1) is 5.69 Å². The Morgan fingerprint density at radius 1 is 1.05 bits per heavy atom. The highest BCUT2D eigenvalue weighted by Crippen LogP contribution is 2.23. The van der Waals surface area contributed by atoms with E-state index in [0.717, 1.165) is 16.9 Å². The molecule has 6 heteroatoms. The molecule has 0 aliphatic carbocycles. The minimum Gasteiger partial charge on any atom is -0.324 e. The quantitative estimate of drug-likeness (QED) is 0.557. The molecule has 2 heterocycles. The summed E-state index contributed by atoms with van der Waals surface area (Å²) in [5, 5.41) is 3.66. The van der Waals surface area contributed by atoms with Gasteiger partial charge in [0.15, 0.2) is 0 Å². The van der Waals surface area contributed by atoms with Crippen molar-refractivity contribution in [3.8, 4) is 11.3 Å². The molecule has 0 bridgehead atoms. The van der Waals surface area contributed by atoms with Crippen LogP contribution < -0.4 is 5.32 Å². The topological polar surface area (TPSA) is 50.7 Å². The number of aromatic nitrogens is 3. The van der Waals surface area contributed by atoms with Crippen LogP contribution in [0.4, 0.5) is 11.6 Å². The van der Waals surface area contributed by atoms with Gasteiger partial charge in [0.1, 0.15) is 5.15 Å². The number of benzene rings is 1. The van der Waals surface area contributed by atoms with Gasteiger partial charge in [-0.1, -0.05) is 17.7 Å². The van der Waals surface area contributed by atoms with Gasteiger partial charge in [-0.3, -0.25) is 0 Å². The number of hydrogen-bond donors (Lipinski definition) is 1. The van der Waals surface area contributed by atoms with Gasteiger partial charge < -0.3 is 5.32 Å². The number of halogens is 1. The first-order valence-corrected chi connectivity index (χ1v) is 8.21. The maximum absolute atomic E-state index is 5.93. The lowest BCUT2D eigenvalue weighted by atomic mass is 10.2. The second kappa shape index (κ2) is 6.77. The zero-order valence-electron chi connectivity index (χ0n) is 11.8. The molecule has 0 aliphatic heterocycles. The summed E-state index contributed by atoms with van der Waals surface area (Å²) in [6.07, 6.45) is 5.43. The zero-order valence-corrected chi connectivity index (χ0v) is 13.4. The van der Waals surface area contributed by atoms with Gasteiger partial charge in [-0.05, 0) is 42.7 Å². The van der Waals surface area contributed by atoms with Crippen LogP contribution in [0.15, 0.2) is 59.8 Å². The van der Waals surface area contributed by atoms with Crippen LogP contribution in [0, 0.1) is 0 Å². The van der Waals surface area contributed by atoms with Gasteiger partial charge in [-0.2, -0.15) is 0 Å². The van der Waals surface area contributed by atoms with E-state index in [1.807, 2.05) is 30.5 Å². The molecule has 0 aliphatic rings. The molecule has 0 atom stereocenters. The molecular formula is C16H13ClN4S. The fourth-order valence-corrected chi connectivity index (χ4v) is 2.60. The molecule has 2 aromatic heterocycles. The van der Waals surface area contributed by atoms with E-state index in [9.17, 15) is 0 Å². The number of rotatable bonds is 4. The summed E-state index contributed by atoms with van der Waals surface area (Å²) in [7, 11) is 0. The molecule has 22 heavy (non-hydrogen) atoms. The zero-order chi connectivity index (χ0) is 15.4. The van der Waals surface area contributed by atoms with E-state index in [4.69, 9.17) is 11.6 Å². The molecule has 4 nitrogen and oxygen atoms in total. The summed E-state index contributed by atoms with van der Waals surface area (Å²) >= 11 is 7.62. The first kappa shape index (κ1) is 14.8. The third-order valence-corrected chi connectivity index (χ3v) is 3.94. The average molecular weight is 329 g/mol. The van der Waals surface area contributed by atoms with Gasteiger partial charge in [-0.15, -0.1) is 11.8 Å². The van der Waals surface area contributed by atoms with Crippen LogP contribution in [0.1, 0.15) is 0 Å². The fraction of sp³-hybridized carbons (Fsp3) is 0.0625. The Bertz CT molecular complexity index is 794. The van der Waals surface area contributed by atoms with Crippen molar-refractivity contribution in [2.75, 3.05) is 11.6 Å². The van der Waals surface area contributed by atoms with Crippen molar-refractivity contribution >= 4 is 35.0 Å². The van der Waals surface area contributed by atoms with E-state index in [1.54, 1.807) is 30.2 Å². The van der Waals surface area contributed by atoms with Gasteiger partial charge in [0.25, 0.3) is 0 Å². The second-order valence-corrected chi connectivity index (χ2v) is 5.76. The Morgan fingerprint density at radius 3 is 2.73 bits per heavy atom. The van der Waals surface area contributed by atoms with E-state index in [1.165, 1.54) is 4.90 Å². The van der Waals surface area contributed by atoms with E-state index in [-0.39, 0.29) is 0 Å². The Balaban J connectivity index is 1.88. The minimum absolute atomic E-state index is 0.443. The summed E-state index contributed by atoms with van der Waals surface area (Å²) in [6, 6.07) is 13.6. The maximum atomic E-state index is 5.93. The average Bonchev–Trinajstić information content (AvgIpc) is 2.55. The lowest BCUT2D eigenvalue weighted by Gasteiger charge is -2.07. The number of thioether (sulfide) groups is 1. The van der Waals surface area contributed by atoms with Gasteiger partial charge in [0.2, 0.25) is 5.95 Å². The van der Waals surface area contributed by atoms with E-state index >= 15 is 0 Å². The van der Waals surface area contributed by atoms with Gasteiger partial charge >= 0.3 is 0 Å². The molecule has 0 fully saturated rings. The van der Waals surface area contributed by atoms with Crippen molar-refractivity contribution in [1.82, 2.24) is 15.0 Å². The van der Waals surface area contributed by atoms with Gasteiger partial charge in [-0.25, -0.2) is 15.0 Å². The Labute approximate surface area is 138 Å². The van der Waals surface area contributed by atoms with Crippen molar-refractivity contribution in [3.63, 3.8) is 0 Å². The lowest BCUT2D eigenvalue weighted by molar-refractivity contribution is 1.16. The Morgan fingerprint density at radius 2 is 1.91 bits per heavy atom. The summed E-state index contributed by atoms with van der Waals surface area (Å²) in [4.78, 5) is 13.9. The van der Waals surface area contributed by atoms with E-state index in [2.05, 4.69) is 32.4 Å². The second-order valence-electron chi connectivity index (χ2n) is 4.49. The molecule has 0 unspecified atom stereocenters. The summed E-state index contributed by atoms with van der Waals surface area (Å²) in [6.45, 7) is 0. The van der Waals surface area contributed by atoms with Crippen LogP contribution in [0.3, 0.4) is 0 Å². The van der Waals surface area contributed by atoms with Crippen molar-refractivity contribution in [3.05, 3.63) is 60.0 Å². The van der Waals surface area contributed by atoms with E-state index < -0.39 is 0 Å². The standard InChI is InChI=1S/C16H13ClN4S/c1-22-13-4-2-3-12(10-13)20-16-19-8-6-14(21-16)11-5-7-18-15(17)9-11/h2-10H,1H3,(H,19,20,21). The molecule has 0 radical (unpaired) electrons. The minimum atomic E-state index is 0.443. The van der Waals surface area contributed by atoms with Crippen molar-refractivity contribution < 1.29 is 0 Å². The molecule has 0 saturated carbocycles. The SMILES string of the molecule is CSc1cccc(Nc2nccc(-c3ccnc(Cl)c3)n2)c1. The summed E-state index contributed by atoms with van der Waals surface area (Å²) in [5.41, 5.74) is 2.66. The summed E-state index contributed by atoms with van der Waals surface area (Å²) < 4.78 is 0. The van der Waals surface area contributed by atoms with Crippen molar-refractivity contribution in [1.29, 1.82) is 0 Å². The summed E-state index contributed by atoms with van der Waals surface area (Å²) in [5.74, 6) is 0.545. The highest BCUT2D eigenvalue weighted by atomic mass is 35.5. The molecule has 1 N–H and O–H groups in total. The smallest absolute Gasteiger partial charge is 0.227 e. The number of nitrogens with one attached hydrogen (secondary N) is 1. The third-order valence-electron chi connectivity index (χ3n) is 3.00. The molecule has 110 valence electrons. The highest BCUT2D eigenvalue weighted by molar-refractivity contribution is 7.98. The monoisotopic (exact) mass is 328 g/mol. The number of hydrogen-bond acceptors (Lipinski definition) is 5. The first-order chi connectivity index (χ1) is 10.7. The van der Waals surface area contributed by atoms with Crippen LogP contribution in [-0.2, 0) is 0 Å². The van der Waals surface area contributed by atoms with Crippen molar-refractivity contribution in [2.45, 2.75) is 4.90 Å². The number of nitrogens with zero attached hydrogens (tertiary/aromatic N) is 3. The molecule has 0 spiro atoms. The molecular weight excluding hydrogens is 316 g/mol. The van der Waals surface area contributed by atoms with Crippen LogP contribution >= 0.6 is 23.4 Å². The van der Waals surface area contributed by atoms with Crippen LogP contribution in [0.25, 0.3) is 11.3 Å². The molecule has 0 saturated heterocycles. The normalized spacial score (nSPS) is 10.5. The predicted molar refractivity (Wildman–Crippen MR) is 91.8 cm³/mol. The van der Waals surface area contributed by atoms with E-state index in [0.29, 0.717) is 11.1 Å². The fourth-order valence-electron chi connectivity index (χ4n) is 1.97. The molecule has 3 rings (SSSR count). The lowest BCUT2D eigenvalue weighted by Crippen LogP contribution is -1.98. The molecule has 3 aromatic rings. The third kappa shape index (κ3) is 3.55. The number of pyridine rings is 1. The Kier molecular flexibility index (Phi) is 4.56.